The summed E-state index contributed by atoms with van der Waals surface area (Å²) < 4.78 is 5.35. The van der Waals surface area contributed by atoms with Crippen LogP contribution in [0.1, 0.15) is 30.0 Å². The third-order valence-electron chi connectivity index (χ3n) is 3.87. The zero-order valence-electron chi connectivity index (χ0n) is 11.8. The smallest absolute Gasteiger partial charge is 0.119 e. The quantitative estimate of drug-likeness (QED) is 0.806. The monoisotopic (exact) mass is 321 g/mol. The number of benzene rings is 2. The molecule has 1 aliphatic carbocycles. The highest BCUT2D eigenvalue weighted by Gasteiger charge is 2.21. The molecule has 0 saturated heterocycles. The second-order valence-corrected chi connectivity index (χ2v) is 6.18. The molecule has 0 bridgehead atoms. The lowest BCUT2D eigenvalue weighted by Gasteiger charge is -2.28. The van der Waals surface area contributed by atoms with Crippen molar-refractivity contribution in [1.29, 1.82) is 0 Å². The van der Waals surface area contributed by atoms with Gasteiger partial charge in [0.05, 0.1) is 13.2 Å². The maximum atomic E-state index is 6.07. The van der Waals surface area contributed by atoms with Gasteiger partial charge in [-0.1, -0.05) is 29.3 Å². The molecule has 4 heteroatoms. The van der Waals surface area contributed by atoms with E-state index in [4.69, 9.17) is 27.9 Å². The topological polar surface area (TPSA) is 21.3 Å². The highest BCUT2D eigenvalue weighted by Crippen LogP contribution is 2.35. The van der Waals surface area contributed by atoms with E-state index < -0.39 is 0 Å². The number of rotatable bonds is 3. The Morgan fingerprint density at radius 2 is 1.86 bits per heavy atom. The third kappa shape index (κ3) is 3.28. The number of methoxy groups -OCH3 is 1. The Labute approximate surface area is 135 Å². The largest absolute Gasteiger partial charge is 0.497 e. The minimum absolute atomic E-state index is 0.262. The van der Waals surface area contributed by atoms with E-state index in [-0.39, 0.29) is 6.04 Å². The molecule has 0 spiro atoms. The van der Waals surface area contributed by atoms with Crippen LogP contribution in [-0.2, 0) is 6.42 Å². The maximum absolute atomic E-state index is 6.07. The van der Waals surface area contributed by atoms with Crippen molar-refractivity contribution in [2.45, 2.75) is 25.3 Å². The van der Waals surface area contributed by atoms with Crippen LogP contribution >= 0.6 is 23.2 Å². The first-order valence-electron chi connectivity index (χ1n) is 7.05. The number of aryl methyl sites for hydroxylation is 1. The number of anilines is 1. The lowest BCUT2D eigenvalue weighted by Crippen LogP contribution is -2.17. The van der Waals surface area contributed by atoms with E-state index in [1.54, 1.807) is 13.2 Å². The molecule has 2 aromatic rings. The van der Waals surface area contributed by atoms with Crippen molar-refractivity contribution in [3.8, 4) is 5.75 Å². The number of hydrogen-bond donors (Lipinski definition) is 1. The van der Waals surface area contributed by atoms with Gasteiger partial charge in [0.25, 0.3) is 0 Å². The van der Waals surface area contributed by atoms with Crippen LogP contribution in [0.3, 0.4) is 0 Å². The number of hydrogen-bond acceptors (Lipinski definition) is 2. The predicted octanol–water partition coefficient (Wildman–Crippen LogP) is 5.49. The fraction of sp³-hybridized carbons (Fsp3) is 0.294. The summed E-state index contributed by atoms with van der Waals surface area (Å²) in [5.41, 5.74) is 3.64. The van der Waals surface area contributed by atoms with Gasteiger partial charge in [0.1, 0.15) is 5.75 Å². The Hall–Kier alpha value is -1.38. The Morgan fingerprint density at radius 3 is 2.57 bits per heavy atom. The number of fused-ring (bicyclic) bond motifs is 1. The van der Waals surface area contributed by atoms with Gasteiger partial charge in [0.2, 0.25) is 0 Å². The van der Waals surface area contributed by atoms with Gasteiger partial charge in [0.15, 0.2) is 0 Å². The first-order chi connectivity index (χ1) is 10.2. The highest BCUT2D eigenvalue weighted by atomic mass is 35.5. The average Bonchev–Trinajstić information content (AvgIpc) is 2.46. The SMILES string of the molecule is COc1ccc2c(c1)C(Nc1cc(Cl)cc(Cl)c1)CCC2. The number of halogens is 2. The summed E-state index contributed by atoms with van der Waals surface area (Å²) >= 11 is 12.1. The van der Waals surface area contributed by atoms with Crippen LogP contribution in [0.25, 0.3) is 0 Å². The summed E-state index contributed by atoms with van der Waals surface area (Å²) in [6, 6.07) is 12.1. The summed E-state index contributed by atoms with van der Waals surface area (Å²) in [6.07, 6.45) is 3.38. The van der Waals surface area contributed by atoms with Crippen LogP contribution < -0.4 is 10.1 Å². The molecule has 3 rings (SSSR count). The average molecular weight is 322 g/mol. The maximum Gasteiger partial charge on any atom is 0.119 e. The van der Waals surface area contributed by atoms with Crippen LogP contribution in [0.2, 0.25) is 10.0 Å². The third-order valence-corrected chi connectivity index (χ3v) is 4.31. The molecule has 0 saturated carbocycles. The van der Waals surface area contributed by atoms with E-state index in [1.807, 2.05) is 18.2 Å². The molecule has 0 amide bonds. The van der Waals surface area contributed by atoms with Crippen LogP contribution in [0, 0.1) is 0 Å². The minimum Gasteiger partial charge on any atom is -0.497 e. The van der Waals surface area contributed by atoms with Crippen LogP contribution in [0.15, 0.2) is 36.4 Å². The molecule has 2 nitrogen and oxygen atoms in total. The molecule has 0 heterocycles. The molecule has 0 fully saturated rings. The molecule has 1 aliphatic rings. The Bertz CT molecular complexity index is 637. The van der Waals surface area contributed by atoms with Gasteiger partial charge < -0.3 is 10.1 Å². The normalized spacial score (nSPS) is 17.2. The molecule has 1 unspecified atom stereocenters. The summed E-state index contributed by atoms with van der Waals surface area (Å²) in [7, 11) is 1.70. The lowest BCUT2D eigenvalue weighted by molar-refractivity contribution is 0.413. The zero-order valence-corrected chi connectivity index (χ0v) is 13.3. The van der Waals surface area contributed by atoms with E-state index in [9.17, 15) is 0 Å². The fourth-order valence-corrected chi connectivity index (χ4v) is 3.42. The predicted molar refractivity (Wildman–Crippen MR) is 88.8 cm³/mol. The summed E-state index contributed by atoms with van der Waals surface area (Å²) in [6.45, 7) is 0. The first kappa shape index (κ1) is 14.6. The van der Waals surface area contributed by atoms with Crippen molar-refractivity contribution >= 4 is 28.9 Å². The molecular formula is C17H17Cl2NO. The molecule has 0 radical (unpaired) electrons. The summed E-state index contributed by atoms with van der Waals surface area (Å²) in [4.78, 5) is 0. The highest BCUT2D eigenvalue weighted by molar-refractivity contribution is 6.35. The van der Waals surface area contributed by atoms with Crippen LogP contribution in [-0.4, -0.2) is 7.11 Å². The minimum atomic E-state index is 0.262. The molecule has 2 aromatic carbocycles. The van der Waals surface area contributed by atoms with Crippen molar-refractivity contribution in [1.82, 2.24) is 0 Å². The Morgan fingerprint density at radius 1 is 1.10 bits per heavy atom. The van der Waals surface area contributed by atoms with Crippen molar-refractivity contribution in [3.05, 3.63) is 57.6 Å². The van der Waals surface area contributed by atoms with Gasteiger partial charge in [0, 0.05) is 15.7 Å². The lowest BCUT2D eigenvalue weighted by atomic mass is 9.87. The van der Waals surface area contributed by atoms with Gasteiger partial charge in [-0.05, 0) is 60.7 Å². The molecule has 1 N–H and O–H groups in total. The van der Waals surface area contributed by atoms with Crippen molar-refractivity contribution in [2.75, 3.05) is 12.4 Å². The van der Waals surface area contributed by atoms with Crippen LogP contribution in [0.4, 0.5) is 5.69 Å². The fourth-order valence-electron chi connectivity index (χ4n) is 2.89. The van der Waals surface area contributed by atoms with Crippen molar-refractivity contribution < 1.29 is 4.74 Å². The van der Waals surface area contributed by atoms with E-state index >= 15 is 0 Å². The van der Waals surface area contributed by atoms with Gasteiger partial charge >= 0.3 is 0 Å². The first-order valence-corrected chi connectivity index (χ1v) is 7.81. The zero-order chi connectivity index (χ0) is 14.8. The van der Waals surface area contributed by atoms with Gasteiger partial charge in [-0.2, -0.15) is 0 Å². The van der Waals surface area contributed by atoms with E-state index in [1.165, 1.54) is 17.5 Å². The molecule has 0 aromatic heterocycles. The molecule has 0 aliphatic heterocycles. The van der Waals surface area contributed by atoms with Gasteiger partial charge in [-0.15, -0.1) is 0 Å². The molecule has 1 atom stereocenters. The van der Waals surface area contributed by atoms with E-state index in [0.29, 0.717) is 10.0 Å². The number of ether oxygens (including phenoxy) is 1. The van der Waals surface area contributed by atoms with Crippen molar-refractivity contribution in [2.24, 2.45) is 0 Å². The van der Waals surface area contributed by atoms with Gasteiger partial charge in [-0.3, -0.25) is 0 Å². The Balaban J connectivity index is 1.90. The molecule has 110 valence electrons. The Kier molecular flexibility index (Phi) is 4.27. The van der Waals surface area contributed by atoms with Gasteiger partial charge in [-0.25, -0.2) is 0 Å². The van der Waals surface area contributed by atoms with E-state index in [0.717, 1.165) is 24.3 Å². The standard InChI is InChI=1S/C17H17Cl2NO/c1-21-15-6-5-11-3-2-4-17(16(11)10-15)20-14-8-12(18)7-13(19)9-14/h5-10,17,20H,2-4H2,1H3. The van der Waals surface area contributed by atoms with Crippen LogP contribution in [0.5, 0.6) is 5.75 Å². The second-order valence-electron chi connectivity index (χ2n) is 5.31. The van der Waals surface area contributed by atoms with E-state index in [2.05, 4.69) is 17.4 Å². The summed E-state index contributed by atoms with van der Waals surface area (Å²) in [5.74, 6) is 0.895. The molecule has 21 heavy (non-hydrogen) atoms. The van der Waals surface area contributed by atoms with Crippen molar-refractivity contribution in [3.63, 3.8) is 0 Å². The number of nitrogens with one attached hydrogen (secondary N) is 1. The second kappa shape index (κ2) is 6.17. The summed E-state index contributed by atoms with van der Waals surface area (Å²) in [5, 5.41) is 4.84. The molecular weight excluding hydrogens is 305 g/mol.